The Kier molecular flexibility index (Phi) is 15.6. The Labute approximate surface area is 102 Å². The average molecular weight is 248 g/mol. The van der Waals surface area contributed by atoms with Gasteiger partial charge in [-0.2, -0.15) is 0 Å². The van der Waals surface area contributed by atoms with Crippen LogP contribution in [0.4, 0.5) is 0 Å². The first-order chi connectivity index (χ1) is 7.04. The van der Waals surface area contributed by atoms with Gasteiger partial charge in [-0.15, -0.1) is 0 Å². The smallest absolute Gasteiger partial charge is 0.331 e. The lowest BCUT2D eigenvalue weighted by molar-refractivity contribution is -0.139. The van der Waals surface area contributed by atoms with Crippen LogP contribution in [0.25, 0.3) is 0 Å². The van der Waals surface area contributed by atoms with Crippen LogP contribution in [0.5, 0.6) is 0 Å². The van der Waals surface area contributed by atoms with Crippen LogP contribution in [-0.2, 0) is 9.59 Å². The molecule has 102 valence electrons. The maximum atomic E-state index is 9.87. The van der Waals surface area contributed by atoms with Crippen LogP contribution >= 0.6 is 0 Å². The number of carbonyl (C=O) groups is 2. The zero-order valence-corrected chi connectivity index (χ0v) is 10.3. The second-order valence-corrected chi connectivity index (χ2v) is 3.60. The molecule has 0 aromatic carbocycles. The topological polar surface area (TPSA) is 145 Å². The van der Waals surface area contributed by atoms with E-state index in [0.29, 0.717) is 0 Å². The molecule has 0 heterocycles. The van der Waals surface area contributed by atoms with Gasteiger partial charge in [-0.3, -0.25) is 4.79 Å². The van der Waals surface area contributed by atoms with Gasteiger partial charge in [0.1, 0.15) is 0 Å². The fourth-order valence-electron chi connectivity index (χ4n) is 1.32. The highest BCUT2D eigenvalue weighted by Crippen LogP contribution is 2.15. The van der Waals surface area contributed by atoms with Gasteiger partial charge in [0.25, 0.3) is 0 Å². The maximum Gasteiger partial charge on any atom is 0.331 e. The first-order valence-electron chi connectivity index (χ1n) is 5.17. The third kappa shape index (κ3) is 14.6. The van der Waals surface area contributed by atoms with Gasteiger partial charge in [-0.05, 0) is 0 Å². The number of hydrogen-bond donors (Lipinski definition) is 4. The van der Waals surface area contributed by atoms with Crippen LogP contribution < -0.4 is 12.3 Å². The fraction of sp³-hybridized carbons (Fsp3) is 0.636. The average Bonchev–Trinajstić information content (AvgIpc) is 2.20. The molecule has 0 aliphatic heterocycles. The monoisotopic (exact) mass is 248 g/mol. The summed E-state index contributed by atoms with van der Waals surface area (Å²) in [7, 11) is 0. The minimum atomic E-state index is -1.27. The summed E-state index contributed by atoms with van der Waals surface area (Å²) >= 11 is 0. The highest BCUT2D eigenvalue weighted by molar-refractivity contribution is 5.91. The second-order valence-electron chi connectivity index (χ2n) is 3.60. The predicted molar refractivity (Wildman–Crippen MR) is 66.8 cm³/mol. The summed E-state index contributed by atoms with van der Waals surface area (Å²) in [6.07, 6.45) is 8.50. The van der Waals surface area contributed by atoms with E-state index in [2.05, 4.69) is 6.58 Å². The molecule has 1 aliphatic carbocycles. The van der Waals surface area contributed by atoms with Crippen molar-refractivity contribution in [1.82, 2.24) is 12.3 Å². The number of rotatable bonds is 3. The van der Waals surface area contributed by atoms with Gasteiger partial charge < -0.3 is 22.5 Å². The van der Waals surface area contributed by atoms with Crippen LogP contribution in [0.15, 0.2) is 12.2 Å². The SMILES string of the molecule is C1CCCCC1.C=C(CC(=O)O)C(=O)O.N.N. The van der Waals surface area contributed by atoms with E-state index < -0.39 is 18.4 Å². The molecular weight excluding hydrogens is 224 g/mol. The van der Waals surface area contributed by atoms with E-state index in [-0.39, 0.29) is 17.9 Å². The molecule has 0 amide bonds. The molecule has 1 aliphatic rings. The van der Waals surface area contributed by atoms with Crippen molar-refractivity contribution in [3.8, 4) is 0 Å². The van der Waals surface area contributed by atoms with Gasteiger partial charge in [-0.1, -0.05) is 45.1 Å². The number of carboxylic acids is 2. The Morgan fingerprint density at radius 1 is 0.882 bits per heavy atom. The van der Waals surface area contributed by atoms with Crippen LogP contribution in [0.1, 0.15) is 44.9 Å². The van der Waals surface area contributed by atoms with Gasteiger partial charge in [0, 0.05) is 5.57 Å². The van der Waals surface area contributed by atoms with Crippen molar-refractivity contribution in [2.24, 2.45) is 0 Å². The third-order valence-corrected chi connectivity index (χ3v) is 2.17. The van der Waals surface area contributed by atoms with E-state index in [1.165, 1.54) is 38.5 Å². The van der Waals surface area contributed by atoms with Gasteiger partial charge >= 0.3 is 11.9 Å². The van der Waals surface area contributed by atoms with Crippen molar-refractivity contribution in [2.75, 3.05) is 0 Å². The minimum absolute atomic E-state index is 0. The Balaban J connectivity index is -0.000000216. The van der Waals surface area contributed by atoms with Crippen molar-refractivity contribution in [1.29, 1.82) is 0 Å². The lowest BCUT2D eigenvalue weighted by Gasteiger charge is -2.05. The molecule has 1 fully saturated rings. The fourth-order valence-corrected chi connectivity index (χ4v) is 1.32. The van der Waals surface area contributed by atoms with Crippen molar-refractivity contribution >= 4 is 11.9 Å². The molecule has 1 rings (SSSR count). The lowest BCUT2D eigenvalue weighted by Crippen LogP contribution is -2.04. The Hall–Kier alpha value is -1.40. The summed E-state index contributed by atoms with van der Waals surface area (Å²) in [5, 5.41) is 16.1. The Morgan fingerprint density at radius 2 is 1.18 bits per heavy atom. The Bertz CT molecular complexity index is 226. The van der Waals surface area contributed by atoms with E-state index >= 15 is 0 Å². The van der Waals surface area contributed by atoms with E-state index in [1.54, 1.807) is 0 Å². The van der Waals surface area contributed by atoms with E-state index in [4.69, 9.17) is 10.2 Å². The van der Waals surface area contributed by atoms with Crippen molar-refractivity contribution < 1.29 is 19.8 Å². The van der Waals surface area contributed by atoms with Crippen LogP contribution in [-0.4, -0.2) is 22.2 Å². The molecule has 6 heteroatoms. The van der Waals surface area contributed by atoms with Gasteiger partial charge in [0.05, 0.1) is 6.42 Å². The van der Waals surface area contributed by atoms with Gasteiger partial charge in [-0.25, -0.2) is 4.79 Å². The summed E-state index contributed by atoms with van der Waals surface area (Å²) in [4.78, 5) is 19.7. The molecule has 0 bridgehead atoms. The van der Waals surface area contributed by atoms with Crippen LogP contribution in [0.2, 0.25) is 0 Å². The molecule has 0 atom stereocenters. The summed E-state index contributed by atoms with van der Waals surface area (Å²) in [5.74, 6) is -2.44. The number of hydrogen-bond acceptors (Lipinski definition) is 4. The molecule has 0 unspecified atom stereocenters. The molecule has 0 aromatic rings. The Morgan fingerprint density at radius 3 is 1.29 bits per heavy atom. The largest absolute Gasteiger partial charge is 0.481 e. The first-order valence-corrected chi connectivity index (χ1v) is 5.17. The van der Waals surface area contributed by atoms with Crippen LogP contribution in [0.3, 0.4) is 0 Å². The van der Waals surface area contributed by atoms with Crippen LogP contribution in [0, 0.1) is 0 Å². The number of aliphatic carboxylic acids is 2. The quantitative estimate of drug-likeness (QED) is 0.565. The van der Waals surface area contributed by atoms with E-state index in [1.807, 2.05) is 0 Å². The highest BCUT2D eigenvalue weighted by atomic mass is 16.4. The first kappa shape index (κ1) is 20.9. The predicted octanol–water partition coefficient (Wildman–Crippen LogP) is 2.77. The summed E-state index contributed by atoms with van der Waals surface area (Å²) in [5.41, 5.74) is -0.303. The lowest BCUT2D eigenvalue weighted by atomic mass is 10.0. The molecule has 8 N–H and O–H groups in total. The summed E-state index contributed by atoms with van der Waals surface area (Å²) in [6, 6.07) is 0. The van der Waals surface area contributed by atoms with E-state index in [9.17, 15) is 9.59 Å². The van der Waals surface area contributed by atoms with Crippen molar-refractivity contribution in [3.05, 3.63) is 12.2 Å². The minimum Gasteiger partial charge on any atom is -0.481 e. The standard InChI is InChI=1S/C6H12.C5H6O4.2H3N/c1-2-4-6-5-3-1;1-3(5(8)9)2-4(6)7;;/h1-6H2;1-2H2,(H,6,7)(H,8,9);2*1H3. The normalized spacial score (nSPS) is 12.9. The van der Waals surface area contributed by atoms with E-state index in [0.717, 1.165) is 0 Å². The highest BCUT2D eigenvalue weighted by Gasteiger charge is 2.07. The van der Waals surface area contributed by atoms with Gasteiger partial charge in [0.2, 0.25) is 0 Å². The molecule has 17 heavy (non-hydrogen) atoms. The molecular formula is C11H24N2O4. The zero-order chi connectivity index (χ0) is 11.7. The zero-order valence-electron chi connectivity index (χ0n) is 10.3. The molecule has 6 nitrogen and oxygen atoms in total. The van der Waals surface area contributed by atoms with Crippen molar-refractivity contribution in [3.63, 3.8) is 0 Å². The molecule has 0 saturated heterocycles. The van der Waals surface area contributed by atoms with Crippen molar-refractivity contribution in [2.45, 2.75) is 44.9 Å². The van der Waals surface area contributed by atoms with Gasteiger partial charge in [0.15, 0.2) is 0 Å². The summed E-state index contributed by atoms with van der Waals surface area (Å²) in [6.45, 7) is 3.01. The number of carboxylic acid groups (broad SMARTS) is 2. The molecule has 0 spiro atoms. The molecule has 0 radical (unpaired) electrons. The molecule has 1 saturated carbocycles. The molecule has 0 aromatic heterocycles. The summed E-state index contributed by atoms with van der Waals surface area (Å²) < 4.78 is 0. The third-order valence-electron chi connectivity index (χ3n) is 2.17. The maximum absolute atomic E-state index is 9.87. The second kappa shape index (κ2) is 12.7.